The summed E-state index contributed by atoms with van der Waals surface area (Å²) in [5.74, 6) is 1.10. The number of benzene rings is 1. The summed E-state index contributed by atoms with van der Waals surface area (Å²) in [5.41, 5.74) is 1.40. The van der Waals surface area contributed by atoms with E-state index in [4.69, 9.17) is 0 Å². The van der Waals surface area contributed by atoms with E-state index in [0.717, 1.165) is 71.4 Å². The van der Waals surface area contributed by atoms with Crippen LogP contribution in [0.4, 0.5) is 0 Å². The molecule has 6 heteroatoms. The molecule has 1 atom stereocenters. The van der Waals surface area contributed by atoms with Crippen molar-refractivity contribution in [3.05, 3.63) is 35.9 Å². The first-order valence-corrected chi connectivity index (χ1v) is 11.7. The summed E-state index contributed by atoms with van der Waals surface area (Å²) in [4.78, 5) is 31.6. The maximum absolute atomic E-state index is 13.1. The molecular weight excluding hydrogens is 376 g/mol. The van der Waals surface area contributed by atoms with Crippen molar-refractivity contribution in [3.63, 3.8) is 0 Å². The van der Waals surface area contributed by atoms with E-state index in [1.165, 1.54) is 5.56 Å². The molecule has 0 radical (unpaired) electrons. The zero-order valence-corrected chi connectivity index (χ0v) is 18.3. The van der Waals surface area contributed by atoms with Gasteiger partial charge in [0.2, 0.25) is 11.8 Å². The van der Waals surface area contributed by atoms with E-state index in [9.17, 15) is 9.59 Å². The number of hydrogen-bond donors (Lipinski definition) is 1. The number of carbonyl (C=O) groups excluding carboxylic acids is 2. The van der Waals surface area contributed by atoms with Gasteiger partial charge in [-0.05, 0) is 50.5 Å². The molecule has 1 aromatic rings. The number of piperidine rings is 1. The molecule has 164 valence electrons. The van der Waals surface area contributed by atoms with Crippen molar-refractivity contribution in [1.29, 1.82) is 0 Å². The fourth-order valence-corrected chi connectivity index (χ4v) is 4.74. The number of carbonyl (C=O) groups is 2. The van der Waals surface area contributed by atoms with E-state index in [1.807, 2.05) is 6.92 Å². The minimum Gasteiger partial charge on any atom is -0.352 e. The van der Waals surface area contributed by atoms with Crippen LogP contribution in [0.5, 0.6) is 0 Å². The lowest BCUT2D eigenvalue weighted by Crippen LogP contribution is -2.56. The zero-order valence-electron chi connectivity index (χ0n) is 18.3. The fourth-order valence-electron chi connectivity index (χ4n) is 4.74. The van der Waals surface area contributed by atoms with Crippen LogP contribution in [0.1, 0.15) is 38.2 Å². The predicted molar refractivity (Wildman–Crippen MR) is 118 cm³/mol. The highest BCUT2D eigenvalue weighted by Gasteiger charge is 2.31. The van der Waals surface area contributed by atoms with E-state index >= 15 is 0 Å². The lowest BCUT2D eigenvalue weighted by Gasteiger charge is -2.40. The number of rotatable bonds is 7. The molecule has 0 aromatic heterocycles. The molecule has 1 N–H and O–H groups in total. The van der Waals surface area contributed by atoms with Crippen LogP contribution in [-0.2, 0) is 16.0 Å². The summed E-state index contributed by atoms with van der Waals surface area (Å²) in [7, 11) is 0. The number of hydrogen-bond acceptors (Lipinski definition) is 4. The Morgan fingerprint density at radius 2 is 1.63 bits per heavy atom. The fraction of sp³-hybridized carbons (Fsp3) is 0.667. The molecule has 2 aliphatic heterocycles. The standard InChI is InChI=1S/C24H36N4O2/c1-19(27-15-13-26(14-16-27)18-23(29)25-22-7-8-22)24(30)28-11-9-21(10-12-28)17-20-5-3-2-4-6-20/h2-6,19,21-22H,7-18H2,1H3,(H,25,29)/t19-/m1/s1. The monoisotopic (exact) mass is 412 g/mol. The molecular formula is C24H36N4O2. The van der Waals surface area contributed by atoms with Gasteiger partial charge in [0.05, 0.1) is 12.6 Å². The van der Waals surface area contributed by atoms with E-state index in [2.05, 4.69) is 50.3 Å². The van der Waals surface area contributed by atoms with E-state index in [1.54, 1.807) is 0 Å². The van der Waals surface area contributed by atoms with Gasteiger partial charge < -0.3 is 10.2 Å². The minimum absolute atomic E-state index is 0.0712. The lowest BCUT2D eigenvalue weighted by molar-refractivity contribution is -0.139. The van der Waals surface area contributed by atoms with Crippen molar-refractivity contribution in [1.82, 2.24) is 20.0 Å². The zero-order chi connectivity index (χ0) is 20.9. The van der Waals surface area contributed by atoms with Crippen molar-refractivity contribution in [2.24, 2.45) is 5.92 Å². The molecule has 0 spiro atoms. The Bertz CT molecular complexity index is 705. The molecule has 2 amide bonds. The maximum Gasteiger partial charge on any atom is 0.239 e. The Hall–Kier alpha value is -1.92. The number of nitrogens with zero attached hydrogens (tertiary/aromatic N) is 3. The Balaban J connectivity index is 1.17. The quantitative estimate of drug-likeness (QED) is 0.741. The molecule has 2 heterocycles. The van der Waals surface area contributed by atoms with E-state index in [0.29, 0.717) is 18.5 Å². The third kappa shape index (κ3) is 5.82. The highest BCUT2D eigenvalue weighted by Crippen LogP contribution is 2.23. The highest BCUT2D eigenvalue weighted by atomic mass is 16.2. The van der Waals surface area contributed by atoms with Gasteiger partial charge in [-0.15, -0.1) is 0 Å². The topological polar surface area (TPSA) is 55.9 Å². The van der Waals surface area contributed by atoms with E-state index in [-0.39, 0.29) is 17.9 Å². The summed E-state index contributed by atoms with van der Waals surface area (Å²) in [6.45, 7) is 7.71. The van der Waals surface area contributed by atoms with Gasteiger partial charge in [0, 0.05) is 45.3 Å². The van der Waals surface area contributed by atoms with Crippen LogP contribution in [0.25, 0.3) is 0 Å². The molecule has 1 saturated carbocycles. The molecule has 6 nitrogen and oxygen atoms in total. The van der Waals surface area contributed by atoms with Crippen LogP contribution in [0.15, 0.2) is 30.3 Å². The van der Waals surface area contributed by atoms with Gasteiger partial charge in [-0.1, -0.05) is 30.3 Å². The average molecular weight is 413 g/mol. The molecule has 30 heavy (non-hydrogen) atoms. The van der Waals surface area contributed by atoms with Crippen LogP contribution >= 0.6 is 0 Å². The highest BCUT2D eigenvalue weighted by molar-refractivity contribution is 5.81. The first-order chi connectivity index (χ1) is 14.6. The normalized spacial score (nSPS) is 22.6. The van der Waals surface area contributed by atoms with Crippen LogP contribution in [0.2, 0.25) is 0 Å². The third-order valence-electron chi connectivity index (χ3n) is 6.92. The summed E-state index contributed by atoms with van der Waals surface area (Å²) in [6.07, 6.45) is 5.56. The summed E-state index contributed by atoms with van der Waals surface area (Å²) >= 11 is 0. The molecule has 3 aliphatic rings. The van der Waals surface area contributed by atoms with Crippen LogP contribution < -0.4 is 5.32 Å². The molecule has 1 aromatic carbocycles. The van der Waals surface area contributed by atoms with Gasteiger partial charge >= 0.3 is 0 Å². The summed E-state index contributed by atoms with van der Waals surface area (Å²) < 4.78 is 0. The largest absolute Gasteiger partial charge is 0.352 e. The second-order valence-electron chi connectivity index (χ2n) is 9.29. The van der Waals surface area contributed by atoms with Gasteiger partial charge in [0.25, 0.3) is 0 Å². The number of likely N-dealkylation sites (tertiary alicyclic amines) is 1. The van der Waals surface area contributed by atoms with Gasteiger partial charge in [0.1, 0.15) is 0 Å². The number of nitrogens with one attached hydrogen (secondary N) is 1. The first kappa shape index (κ1) is 21.3. The van der Waals surface area contributed by atoms with E-state index < -0.39 is 0 Å². The van der Waals surface area contributed by atoms with Gasteiger partial charge in [-0.2, -0.15) is 0 Å². The molecule has 2 saturated heterocycles. The van der Waals surface area contributed by atoms with Crippen LogP contribution in [-0.4, -0.2) is 84.4 Å². The van der Waals surface area contributed by atoms with Gasteiger partial charge in [-0.25, -0.2) is 0 Å². The maximum atomic E-state index is 13.1. The first-order valence-electron chi connectivity index (χ1n) is 11.7. The Morgan fingerprint density at radius 1 is 0.967 bits per heavy atom. The summed E-state index contributed by atoms with van der Waals surface area (Å²) in [6, 6.07) is 11.0. The average Bonchev–Trinajstić information content (AvgIpc) is 3.58. The second-order valence-corrected chi connectivity index (χ2v) is 9.29. The van der Waals surface area contributed by atoms with Crippen LogP contribution in [0.3, 0.4) is 0 Å². The molecule has 3 fully saturated rings. The van der Waals surface area contributed by atoms with Gasteiger partial charge in [-0.3, -0.25) is 19.4 Å². The minimum atomic E-state index is -0.0712. The molecule has 0 bridgehead atoms. The third-order valence-corrected chi connectivity index (χ3v) is 6.92. The Labute approximate surface area is 180 Å². The van der Waals surface area contributed by atoms with Crippen LogP contribution in [0, 0.1) is 5.92 Å². The molecule has 0 unspecified atom stereocenters. The predicted octanol–water partition coefficient (Wildman–Crippen LogP) is 1.75. The number of amides is 2. The molecule has 4 rings (SSSR count). The van der Waals surface area contributed by atoms with Crippen molar-refractivity contribution in [2.45, 2.75) is 51.1 Å². The van der Waals surface area contributed by atoms with Crippen molar-refractivity contribution in [2.75, 3.05) is 45.8 Å². The Kier molecular flexibility index (Phi) is 7.05. The number of piperazine rings is 1. The van der Waals surface area contributed by atoms with Crippen molar-refractivity contribution >= 4 is 11.8 Å². The van der Waals surface area contributed by atoms with Gasteiger partial charge in [0.15, 0.2) is 0 Å². The smallest absolute Gasteiger partial charge is 0.239 e. The van der Waals surface area contributed by atoms with Crippen molar-refractivity contribution in [3.8, 4) is 0 Å². The van der Waals surface area contributed by atoms with Crippen molar-refractivity contribution < 1.29 is 9.59 Å². The molecule has 1 aliphatic carbocycles. The lowest BCUT2D eigenvalue weighted by atomic mass is 9.90. The Morgan fingerprint density at radius 3 is 2.27 bits per heavy atom. The second kappa shape index (κ2) is 9.92. The summed E-state index contributed by atoms with van der Waals surface area (Å²) in [5, 5.41) is 3.06. The SMILES string of the molecule is C[C@H](C(=O)N1CCC(Cc2ccccc2)CC1)N1CCN(CC(=O)NC2CC2)CC1.